The quantitative estimate of drug-likeness (QED) is 0.764. The number of hydrogen-bond acceptors (Lipinski definition) is 4. The molecule has 0 fully saturated rings. The van der Waals surface area contributed by atoms with Crippen molar-refractivity contribution in [2.45, 2.75) is 20.8 Å². The SMILES string of the molecule is Cc1cc(NCCNS(=O)(=O)/C=C/C(C)C)c2ccccc2n1. The number of fused-ring (bicyclic) bond motifs is 1. The molecule has 0 aliphatic heterocycles. The van der Waals surface area contributed by atoms with Crippen LogP contribution in [0.3, 0.4) is 0 Å². The number of nitrogens with zero attached hydrogens (tertiary/aromatic N) is 1. The van der Waals surface area contributed by atoms with E-state index in [4.69, 9.17) is 0 Å². The van der Waals surface area contributed by atoms with Gasteiger partial charge in [-0.1, -0.05) is 38.1 Å². The number of benzene rings is 1. The lowest BCUT2D eigenvalue weighted by Crippen LogP contribution is -2.27. The molecule has 124 valence electrons. The molecule has 0 saturated carbocycles. The van der Waals surface area contributed by atoms with Gasteiger partial charge in [0, 0.05) is 35.3 Å². The Morgan fingerprint density at radius 1 is 1.22 bits per heavy atom. The zero-order valence-corrected chi connectivity index (χ0v) is 14.5. The summed E-state index contributed by atoms with van der Waals surface area (Å²) < 4.78 is 26.1. The molecule has 0 radical (unpaired) electrons. The maximum Gasteiger partial charge on any atom is 0.233 e. The third-order valence-electron chi connectivity index (χ3n) is 3.23. The van der Waals surface area contributed by atoms with Gasteiger partial charge in [0.25, 0.3) is 0 Å². The molecule has 0 bridgehead atoms. The van der Waals surface area contributed by atoms with Crippen molar-refractivity contribution in [1.82, 2.24) is 9.71 Å². The van der Waals surface area contributed by atoms with E-state index in [0.717, 1.165) is 22.3 Å². The lowest BCUT2D eigenvalue weighted by Gasteiger charge is -2.11. The van der Waals surface area contributed by atoms with Crippen molar-refractivity contribution in [1.29, 1.82) is 0 Å². The molecular weight excluding hydrogens is 310 g/mol. The Morgan fingerprint density at radius 3 is 2.70 bits per heavy atom. The average Bonchev–Trinajstić information content (AvgIpc) is 2.49. The molecule has 2 aromatic rings. The Labute approximate surface area is 137 Å². The second-order valence-electron chi connectivity index (χ2n) is 5.77. The van der Waals surface area contributed by atoms with E-state index in [1.807, 2.05) is 51.1 Å². The fraction of sp³-hybridized carbons (Fsp3) is 0.353. The highest BCUT2D eigenvalue weighted by Gasteiger charge is 2.06. The van der Waals surface area contributed by atoms with Crippen LogP contribution in [0.25, 0.3) is 10.9 Å². The number of aromatic nitrogens is 1. The summed E-state index contributed by atoms with van der Waals surface area (Å²) in [7, 11) is -3.36. The van der Waals surface area contributed by atoms with Gasteiger partial charge in [-0.05, 0) is 25.0 Å². The van der Waals surface area contributed by atoms with E-state index in [1.54, 1.807) is 6.08 Å². The number of aryl methyl sites for hydroxylation is 1. The van der Waals surface area contributed by atoms with Crippen LogP contribution in [0.2, 0.25) is 0 Å². The maximum atomic E-state index is 11.8. The predicted octanol–water partition coefficient (Wildman–Crippen LogP) is 3.04. The highest BCUT2D eigenvalue weighted by atomic mass is 32.2. The van der Waals surface area contributed by atoms with Crippen LogP contribution in [-0.4, -0.2) is 26.5 Å². The molecule has 0 aliphatic rings. The minimum absolute atomic E-state index is 0.204. The van der Waals surface area contributed by atoms with Crippen LogP contribution >= 0.6 is 0 Å². The smallest absolute Gasteiger partial charge is 0.233 e. The van der Waals surface area contributed by atoms with Crippen LogP contribution in [0.4, 0.5) is 5.69 Å². The third-order valence-corrected chi connectivity index (χ3v) is 4.35. The first-order valence-corrected chi connectivity index (χ1v) is 9.20. The Kier molecular flexibility index (Phi) is 5.74. The van der Waals surface area contributed by atoms with Gasteiger partial charge < -0.3 is 5.32 Å². The molecular formula is C17H23N3O2S. The fourth-order valence-corrected chi connectivity index (χ4v) is 3.16. The van der Waals surface area contributed by atoms with Crippen LogP contribution in [0.5, 0.6) is 0 Å². The van der Waals surface area contributed by atoms with Gasteiger partial charge >= 0.3 is 0 Å². The van der Waals surface area contributed by atoms with Gasteiger partial charge in [-0.3, -0.25) is 4.98 Å². The average molecular weight is 333 g/mol. The summed E-state index contributed by atoms with van der Waals surface area (Å²) in [6.45, 7) is 6.63. The first-order valence-electron chi connectivity index (χ1n) is 7.65. The summed E-state index contributed by atoms with van der Waals surface area (Å²) in [5, 5.41) is 5.53. The van der Waals surface area contributed by atoms with Crippen LogP contribution in [0.15, 0.2) is 41.8 Å². The normalized spacial score (nSPS) is 12.3. The van der Waals surface area contributed by atoms with Gasteiger partial charge in [0.1, 0.15) is 0 Å². The zero-order valence-electron chi connectivity index (χ0n) is 13.7. The van der Waals surface area contributed by atoms with Crippen molar-refractivity contribution in [2.24, 2.45) is 5.92 Å². The third kappa shape index (κ3) is 5.33. The highest BCUT2D eigenvalue weighted by molar-refractivity contribution is 7.92. The van der Waals surface area contributed by atoms with E-state index in [-0.39, 0.29) is 5.92 Å². The van der Waals surface area contributed by atoms with Gasteiger partial charge in [-0.25, -0.2) is 13.1 Å². The Balaban J connectivity index is 1.97. The number of pyridine rings is 1. The van der Waals surface area contributed by atoms with Crippen molar-refractivity contribution in [3.8, 4) is 0 Å². The molecule has 0 amide bonds. The summed E-state index contributed by atoms with van der Waals surface area (Å²) in [4.78, 5) is 4.48. The van der Waals surface area contributed by atoms with E-state index in [1.165, 1.54) is 5.41 Å². The van der Waals surface area contributed by atoms with Crippen LogP contribution in [-0.2, 0) is 10.0 Å². The second-order valence-corrected chi connectivity index (χ2v) is 7.42. The van der Waals surface area contributed by atoms with Gasteiger partial charge in [0.2, 0.25) is 10.0 Å². The molecule has 0 unspecified atom stereocenters. The summed E-state index contributed by atoms with van der Waals surface area (Å²) in [6, 6.07) is 9.85. The monoisotopic (exact) mass is 333 g/mol. The van der Waals surface area contributed by atoms with E-state index in [2.05, 4.69) is 15.0 Å². The molecule has 1 heterocycles. The maximum absolute atomic E-state index is 11.8. The van der Waals surface area contributed by atoms with Gasteiger partial charge in [0.15, 0.2) is 0 Å². The largest absolute Gasteiger partial charge is 0.383 e. The highest BCUT2D eigenvalue weighted by Crippen LogP contribution is 2.22. The molecule has 0 spiro atoms. The molecule has 6 heteroatoms. The fourth-order valence-electron chi connectivity index (χ4n) is 2.15. The second kappa shape index (κ2) is 7.57. The van der Waals surface area contributed by atoms with Gasteiger partial charge in [0.05, 0.1) is 5.52 Å². The molecule has 0 atom stereocenters. The number of hydrogen-bond donors (Lipinski definition) is 2. The summed E-state index contributed by atoms with van der Waals surface area (Å²) >= 11 is 0. The lowest BCUT2D eigenvalue weighted by molar-refractivity contribution is 0.591. The molecule has 1 aromatic carbocycles. The van der Waals surface area contributed by atoms with Crippen molar-refractivity contribution in [3.63, 3.8) is 0 Å². The Bertz CT molecular complexity index is 799. The van der Waals surface area contributed by atoms with Crippen LogP contribution < -0.4 is 10.0 Å². The number of rotatable bonds is 7. The Hall–Kier alpha value is -1.92. The summed E-state index contributed by atoms with van der Waals surface area (Å²) in [6.07, 6.45) is 1.66. The summed E-state index contributed by atoms with van der Waals surface area (Å²) in [5.41, 5.74) is 2.81. The summed E-state index contributed by atoms with van der Waals surface area (Å²) in [5.74, 6) is 0.204. The van der Waals surface area contributed by atoms with Gasteiger partial charge in [-0.2, -0.15) is 0 Å². The van der Waals surface area contributed by atoms with Gasteiger partial charge in [-0.15, -0.1) is 0 Å². The molecule has 0 saturated heterocycles. The molecule has 2 rings (SSSR count). The van der Waals surface area contributed by atoms with E-state index in [9.17, 15) is 8.42 Å². The van der Waals surface area contributed by atoms with Crippen molar-refractivity contribution in [2.75, 3.05) is 18.4 Å². The topological polar surface area (TPSA) is 71.1 Å². The van der Waals surface area contributed by atoms with Crippen molar-refractivity contribution >= 4 is 26.6 Å². The minimum Gasteiger partial charge on any atom is -0.383 e. The van der Waals surface area contributed by atoms with Crippen LogP contribution in [0, 0.1) is 12.8 Å². The van der Waals surface area contributed by atoms with E-state index < -0.39 is 10.0 Å². The molecule has 1 aromatic heterocycles. The molecule has 2 N–H and O–H groups in total. The number of allylic oxidation sites excluding steroid dienone is 1. The molecule has 23 heavy (non-hydrogen) atoms. The van der Waals surface area contributed by atoms with Crippen molar-refractivity contribution in [3.05, 3.63) is 47.5 Å². The van der Waals surface area contributed by atoms with Crippen molar-refractivity contribution < 1.29 is 8.42 Å². The van der Waals surface area contributed by atoms with E-state index >= 15 is 0 Å². The number of nitrogens with one attached hydrogen (secondary N) is 2. The first-order chi connectivity index (χ1) is 10.9. The Morgan fingerprint density at radius 2 is 1.96 bits per heavy atom. The van der Waals surface area contributed by atoms with Crippen LogP contribution in [0.1, 0.15) is 19.5 Å². The molecule has 5 nitrogen and oxygen atoms in total. The number of para-hydroxylation sites is 1. The number of sulfonamides is 1. The standard InChI is InChI=1S/C17H23N3O2S/c1-13(2)8-11-23(21,22)19-10-9-18-17-12-14(3)20-16-7-5-4-6-15(16)17/h4-8,11-13,19H,9-10H2,1-3H3,(H,18,20)/b11-8+. The molecule has 0 aliphatic carbocycles. The first kappa shape index (κ1) is 17.4. The zero-order chi connectivity index (χ0) is 16.9. The lowest BCUT2D eigenvalue weighted by atomic mass is 10.1. The number of anilines is 1. The minimum atomic E-state index is -3.36. The predicted molar refractivity (Wildman–Crippen MR) is 95.9 cm³/mol. The van der Waals surface area contributed by atoms with E-state index in [0.29, 0.717) is 13.1 Å².